The second kappa shape index (κ2) is 4.34. The van der Waals surface area contributed by atoms with Crippen molar-refractivity contribution in [3.8, 4) is 0 Å². The number of H-pyrrole nitrogens is 1. The molecule has 1 aromatic carbocycles. The van der Waals surface area contributed by atoms with Gasteiger partial charge in [0.05, 0.1) is 11.9 Å². The minimum Gasteiger partial charge on any atom is -0.398 e. The van der Waals surface area contributed by atoms with Crippen LogP contribution in [0, 0.1) is 13.8 Å². The molecule has 0 saturated heterocycles. The van der Waals surface area contributed by atoms with E-state index >= 15 is 0 Å². The molecule has 0 aliphatic heterocycles. The van der Waals surface area contributed by atoms with Crippen LogP contribution >= 0.6 is 0 Å². The molecule has 0 spiro atoms. The smallest absolute Gasteiger partial charge is 0.265 e. The van der Waals surface area contributed by atoms with E-state index < -0.39 is 10.0 Å². The van der Waals surface area contributed by atoms with Gasteiger partial charge in [0.25, 0.3) is 10.0 Å². The molecule has 2 aromatic rings. The molecule has 1 aromatic heterocycles. The van der Waals surface area contributed by atoms with Crippen LogP contribution in [0.5, 0.6) is 0 Å². The number of aromatic nitrogens is 2. The fourth-order valence-corrected chi connectivity index (χ4v) is 3.13. The highest BCUT2D eigenvalue weighted by molar-refractivity contribution is 7.93. The zero-order valence-corrected chi connectivity index (χ0v) is 10.9. The maximum Gasteiger partial charge on any atom is 0.265 e. The van der Waals surface area contributed by atoms with Crippen LogP contribution < -0.4 is 10.5 Å². The lowest BCUT2D eigenvalue weighted by Gasteiger charge is -2.11. The number of nitrogens with one attached hydrogen (secondary N) is 2. The van der Waals surface area contributed by atoms with E-state index in [-0.39, 0.29) is 10.6 Å². The van der Waals surface area contributed by atoms with Crippen LogP contribution in [0.4, 0.5) is 11.5 Å². The number of aryl methyl sites for hydroxylation is 2. The summed E-state index contributed by atoms with van der Waals surface area (Å²) in [6.07, 6.45) is 1.54. The van der Waals surface area contributed by atoms with E-state index in [0.717, 1.165) is 0 Å². The van der Waals surface area contributed by atoms with Crippen molar-refractivity contribution in [1.29, 1.82) is 0 Å². The molecular weight excluding hydrogens is 252 g/mol. The van der Waals surface area contributed by atoms with Crippen LogP contribution in [0.25, 0.3) is 0 Å². The number of nitrogens with zero attached hydrogens (tertiary/aromatic N) is 1. The number of anilines is 2. The predicted molar refractivity (Wildman–Crippen MR) is 69.7 cm³/mol. The highest BCUT2D eigenvalue weighted by Crippen LogP contribution is 2.24. The summed E-state index contributed by atoms with van der Waals surface area (Å²) in [5, 5.41) is 6.35. The molecule has 18 heavy (non-hydrogen) atoms. The van der Waals surface area contributed by atoms with E-state index in [9.17, 15) is 8.42 Å². The lowest BCUT2D eigenvalue weighted by atomic mass is 10.2. The fourth-order valence-electron chi connectivity index (χ4n) is 1.68. The number of rotatable bonds is 3. The van der Waals surface area contributed by atoms with Gasteiger partial charge in [0.2, 0.25) is 0 Å². The third kappa shape index (κ3) is 2.17. The predicted octanol–water partition coefficient (Wildman–Crippen LogP) is 1.41. The number of benzene rings is 1. The van der Waals surface area contributed by atoms with Crippen LogP contribution in [-0.2, 0) is 10.0 Å². The summed E-state index contributed by atoms with van der Waals surface area (Å²) < 4.78 is 26.9. The maximum absolute atomic E-state index is 12.3. The van der Waals surface area contributed by atoms with Gasteiger partial charge >= 0.3 is 0 Å². The molecule has 0 bridgehead atoms. The number of sulfonamides is 1. The Morgan fingerprint density at radius 2 is 2.00 bits per heavy atom. The van der Waals surface area contributed by atoms with Crippen molar-refractivity contribution in [1.82, 2.24) is 10.2 Å². The quantitative estimate of drug-likeness (QED) is 0.731. The number of hydrogen-bond donors (Lipinski definition) is 3. The van der Waals surface area contributed by atoms with Gasteiger partial charge in [-0.1, -0.05) is 12.1 Å². The van der Waals surface area contributed by atoms with E-state index in [1.165, 1.54) is 0 Å². The van der Waals surface area contributed by atoms with Crippen molar-refractivity contribution in [3.05, 3.63) is 35.5 Å². The third-order valence-electron chi connectivity index (χ3n) is 2.58. The first-order valence-corrected chi connectivity index (χ1v) is 6.78. The monoisotopic (exact) mass is 266 g/mol. The minimum atomic E-state index is -3.71. The van der Waals surface area contributed by atoms with Crippen molar-refractivity contribution < 1.29 is 8.42 Å². The average Bonchev–Trinajstić information content (AvgIpc) is 2.63. The molecule has 0 saturated carbocycles. The van der Waals surface area contributed by atoms with Crippen molar-refractivity contribution in [2.75, 3.05) is 10.5 Å². The maximum atomic E-state index is 12.3. The Kier molecular flexibility index (Phi) is 3.00. The Hall–Kier alpha value is -2.02. The van der Waals surface area contributed by atoms with Crippen LogP contribution in [0.2, 0.25) is 0 Å². The van der Waals surface area contributed by atoms with Gasteiger partial charge in [-0.2, -0.15) is 5.10 Å². The number of nitrogen functional groups attached to an aromatic ring is 1. The average molecular weight is 266 g/mol. The van der Waals surface area contributed by atoms with E-state index in [2.05, 4.69) is 14.9 Å². The van der Waals surface area contributed by atoms with Crippen LogP contribution in [0.15, 0.2) is 29.3 Å². The first-order chi connectivity index (χ1) is 8.42. The highest BCUT2D eigenvalue weighted by atomic mass is 32.2. The van der Waals surface area contributed by atoms with Crippen LogP contribution in [-0.4, -0.2) is 18.6 Å². The molecule has 4 N–H and O–H groups in total. The zero-order valence-electron chi connectivity index (χ0n) is 10.1. The van der Waals surface area contributed by atoms with Crippen LogP contribution in [0.1, 0.15) is 11.1 Å². The molecule has 0 aliphatic rings. The highest BCUT2D eigenvalue weighted by Gasteiger charge is 2.21. The van der Waals surface area contributed by atoms with Crippen molar-refractivity contribution in [2.24, 2.45) is 0 Å². The molecule has 7 heteroatoms. The Morgan fingerprint density at radius 3 is 2.56 bits per heavy atom. The molecule has 0 amide bonds. The van der Waals surface area contributed by atoms with E-state index in [4.69, 9.17) is 5.73 Å². The SMILES string of the molecule is Cc1cn[nH]c1NS(=O)(=O)c1c(C)cccc1N. The third-order valence-corrected chi connectivity index (χ3v) is 4.14. The topological polar surface area (TPSA) is 101 Å². The molecule has 6 nitrogen and oxygen atoms in total. The Morgan fingerprint density at radius 1 is 1.28 bits per heavy atom. The second-order valence-corrected chi connectivity index (χ2v) is 5.65. The number of nitrogens with two attached hydrogens (primary N) is 1. The van der Waals surface area contributed by atoms with Gasteiger partial charge in [-0.05, 0) is 25.5 Å². The van der Waals surface area contributed by atoms with Gasteiger partial charge in [0.15, 0.2) is 0 Å². The summed E-state index contributed by atoms with van der Waals surface area (Å²) in [7, 11) is -3.71. The number of hydrogen-bond acceptors (Lipinski definition) is 4. The van der Waals surface area contributed by atoms with Crippen molar-refractivity contribution >= 4 is 21.5 Å². The Bertz CT molecular complexity index is 656. The van der Waals surface area contributed by atoms with Crippen molar-refractivity contribution in [2.45, 2.75) is 18.7 Å². The Labute approximate surface area is 105 Å². The molecule has 1 heterocycles. The van der Waals surface area contributed by atoms with Crippen LogP contribution in [0.3, 0.4) is 0 Å². The molecule has 2 rings (SSSR count). The van der Waals surface area contributed by atoms with Gasteiger partial charge in [0.1, 0.15) is 10.7 Å². The summed E-state index contributed by atoms with van der Waals surface area (Å²) >= 11 is 0. The molecular formula is C11H14N4O2S. The molecule has 96 valence electrons. The van der Waals surface area contributed by atoms with Gasteiger partial charge in [-0.15, -0.1) is 0 Å². The molecule has 0 aliphatic carbocycles. The fraction of sp³-hybridized carbons (Fsp3) is 0.182. The first-order valence-electron chi connectivity index (χ1n) is 5.29. The first kappa shape index (κ1) is 12.4. The zero-order chi connectivity index (χ0) is 13.3. The summed E-state index contributed by atoms with van der Waals surface area (Å²) in [5.41, 5.74) is 7.26. The summed E-state index contributed by atoms with van der Waals surface area (Å²) in [4.78, 5) is 0.0963. The summed E-state index contributed by atoms with van der Waals surface area (Å²) in [6.45, 7) is 3.45. The van der Waals surface area contributed by atoms with E-state index in [1.54, 1.807) is 38.2 Å². The van der Waals surface area contributed by atoms with Gasteiger partial charge < -0.3 is 5.73 Å². The lowest BCUT2D eigenvalue weighted by molar-refractivity contribution is 0.601. The van der Waals surface area contributed by atoms with E-state index in [0.29, 0.717) is 16.9 Å². The summed E-state index contributed by atoms with van der Waals surface area (Å²) in [6, 6.07) is 4.97. The molecule has 0 unspecified atom stereocenters. The molecule has 0 atom stereocenters. The standard InChI is InChI=1S/C11H14N4O2S/c1-7-4-3-5-9(12)10(7)18(16,17)15-11-8(2)6-13-14-11/h3-6H,12H2,1-2H3,(H2,13,14,15). The van der Waals surface area contributed by atoms with E-state index in [1.807, 2.05) is 0 Å². The number of aromatic amines is 1. The molecule has 0 fully saturated rings. The van der Waals surface area contributed by atoms with Gasteiger partial charge in [-0.3, -0.25) is 9.82 Å². The van der Waals surface area contributed by atoms with Crippen molar-refractivity contribution in [3.63, 3.8) is 0 Å². The van der Waals surface area contributed by atoms with Gasteiger partial charge in [-0.25, -0.2) is 8.42 Å². The second-order valence-electron chi connectivity index (χ2n) is 4.03. The lowest BCUT2D eigenvalue weighted by Crippen LogP contribution is -2.17. The van der Waals surface area contributed by atoms with Gasteiger partial charge in [0, 0.05) is 5.56 Å². The Balaban J connectivity index is 2.47. The summed E-state index contributed by atoms with van der Waals surface area (Å²) in [5.74, 6) is 0.345. The minimum absolute atomic E-state index is 0.0963. The normalized spacial score (nSPS) is 11.4. The molecule has 0 radical (unpaired) electrons. The largest absolute Gasteiger partial charge is 0.398 e.